The predicted octanol–water partition coefficient (Wildman–Crippen LogP) is 11.0. The number of esters is 4. The lowest BCUT2D eigenvalue weighted by Crippen LogP contribution is -2.13. The highest BCUT2D eigenvalue weighted by Crippen LogP contribution is 2.27. The van der Waals surface area contributed by atoms with E-state index in [2.05, 4.69) is 13.8 Å². The molecule has 0 unspecified atom stereocenters. The SMILES string of the molecule is CCCCCCOc1ccc(C(=O)Oc2ccc(C(=O)Oc3cccc(OC(=O)c4ccc(OC(=O)c5ccc(OCCCCCC)c(F)c5)c(F)c4)c3)cc2F)cc1F. The summed E-state index contributed by atoms with van der Waals surface area (Å²) in [6.45, 7) is 4.78. The number of ether oxygens (including phenoxy) is 6. The Hall–Kier alpha value is -6.70. The molecule has 0 aliphatic heterocycles. The van der Waals surface area contributed by atoms with Gasteiger partial charge < -0.3 is 28.4 Å². The topological polar surface area (TPSA) is 124 Å². The number of carbonyl (C=O) groups excluding carboxylic acids is 4. The lowest BCUT2D eigenvalue weighted by Gasteiger charge is -2.11. The second-order valence-electron chi connectivity index (χ2n) is 13.4. The van der Waals surface area contributed by atoms with Crippen LogP contribution in [0.25, 0.3) is 0 Å². The molecule has 0 atom stereocenters. The fourth-order valence-corrected chi connectivity index (χ4v) is 5.58. The summed E-state index contributed by atoms with van der Waals surface area (Å²) in [6, 6.07) is 18.2. The van der Waals surface area contributed by atoms with Gasteiger partial charge >= 0.3 is 23.9 Å². The van der Waals surface area contributed by atoms with Crippen LogP contribution in [0.15, 0.2) is 97.1 Å². The highest BCUT2D eigenvalue weighted by Gasteiger charge is 2.20. The smallest absolute Gasteiger partial charge is 0.343 e. The van der Waals surface area contributed by atoms with E-state index in [0.29, 0.717) is 13.2 Å². The minimum Gasteiger partial charge on any atom is -0.491 e. The van der Waals surface area contributed by atoms with Crippen molar-refractivity contribution in [3.8, 4) is 34.5 Å². The van der Waals surface area contributed by atoms with Gasteiger partial charge in [0.15, 0.2) is 46.3 Å². The van der Waals surface area contributed by atoms with Gasteiger partial charge in [0, 0.05) is 6.07 Å². The Morgan fingerprint density at radius 3 is 1.07 bits per heavy atom. The quantitative estimate of drug-likeness (QED) is 0.0324. The molecule has 0 saturated heterocycles. The zero-order chi connectivity index (χ0) is 43.0. The van der Waals surface area contributed by atoms with Crippen molar-refractivity contribution in [2.45, 2.75) is 65.2 Å². The molecule has 0 spiro atoms. The average molecular weight is 831 g/mol. The summed E-state index contributed by atoms with van der Waals surface area (Å²) >= 11 is 0. The molecule has 0 aromatic heterocycles. The Morgan fingerprint density at radius 2 is 0.733 bits per heavy atom. The molecule has 10 nitrogen and oxygen atoms in total. The first-order valence-electron chi connectivity index (χ1n) is 19.4. The molecule has 0 bridgehead atoms. The molecule has 0 saturated carbocycles. The number of hydrogen-bond acceptors (Lipinski definition) is 10. The Bertz CT molecular complexity index is 2160. The van der Waals surface area contributed by atoms with Crippen LogP contribution in [0.2, 0.25) is 0 Å². The van der Waals surface area contributed by atoms with Gasteiger partial charge in [-0.25, -0.2) is 36.7 Å². The number of rotatable bonds is 20. The molecule has 0 heterocycles. The van der Waals surface area contributed by atoms with E-state index in [9.17, 15) is 36.7 Å². The van der Waals surface area contributed by atoms with Crippen LogP contribution in [0.4, 0.5) is 17.6 Å². The molecule has 5 aromatic rings. The van der Waals surface area contributed by atoms with E-state index in [1.54, 1.807) is 0 Å². The van der Waals surface area contributed by atoms with Gasteiger partial charge in [-0.2, -0.15) is 0 Å². The zero-order valence-electron chi connectivity index (χ0n) is 32.9. The second kappa shape index (κ2) is 21.9. The van der Waals surface area contributed by atoms with Crippen molar-refractivity contribution in [3.63, 3.8) is 0 Å². The number of unbranched alkanes of at least 4 members (excludes halogenated alkanes) is 6. The van der Waals surface area contributed by atoms with Crippen molar-refractivity contribution in [2.24, 2.45) is 0 Å². The molecule has 0 aliphatic carbocycles. The number of hydrogen-bond donors (Lipinski definition) is 0. The standard InChI is InChI=1S/C46H42F4O10/c1-3-5-7-9-22-55-39-18-14-31(24-35(39)47)45(53)59-41-20-16-29(26-37(41)49)43(51)57-33-12-11-13-34(28-33)58-44(52)30-17-21-42(38(50)27-30)60-46(54)32-15-19-40(36(48)25-32)56-23-10-8-6-4-2/h11-21,24-28H,3-10,22-23H2,1-2H3. The molecule has 5 aromatic carbocycles. The summed E-state index contributed by atoms with van der Waals surface area (Å²) < 4.78 is 90.6. The van der Waals surface area contributed by atoms with Crippen LogP contribution in [0, 0.1) is 23.3 Å². The molecular formula is C46H42F4O10. The maximum Gasteiger partial charge on any atom is 0.343 e. The Labute approximate surface area is 343 Å². The van der Waals surface area contributed by atoms with Gasteiger partial charge in [-0.05, 0) is 97.8 Å². The molecule has 5 rings (SSSR count). The first-order chi connectivity index (χ1) is 28.9. The lowest BCUT2D eigenvalue weighted by atomic mass is 10.2. The summed E-state index contributed by atoms with van der Waals surface area (Å²) in [6.07, 6.45) is 7.57. The van der Waals surface area contributed by atoms with Crippen LogP contribution < -0.4 is 28.4 Å². The van der Waals surface area contributed by atoms with Gasteiger partial charge in [-0.3, -0.25) is 0 Å². The van der Waals surface area contributed by atoms with E-state index in [1.807, 2.05) is 0 Å². The fourth-order valence-electron chi connectivity index (χ4n) is 5.58. The zero-order valence-corrected chi connectivity index (χ0v) is 32.9. The summed E-state index contributed by atoms with van der Waals surface area (Å²) in [5.74, 6) is -9.14. The van der Waals surface area contributed by atoms with Gasteiger partial charge in [-0.1, -0.05) is 58.4 Å². The van der Waals surface area contributed by atoms with Crippen molar-refractivity contribution in [1.29, 1.82) is 0 Å². The van der Waals surface area contributed by atoms with Crippen LogP contribution >= 0.6 is 0 Å². The molecular weight excluding hydrogens is 788 g/mol. The van der Waals surface area contributed by atoms with Crippen LogP contribution in [0.5, 0.6) is 34.5 Å². The van der Waals surface area contributed by atoms with Crippen molar-refractivity contribution in [2.75, 3.05) is 13.2 Å². The number of halogens is 4. The van der Waals surface area contributed by atoms with Gasteiger partial charge in [0.2, 0.25) is 0 Å². The first kappa shape index (κ1) is 44.4. The maximum atomic E-state index is 14.9. The molecule has 14 heteroatoms. The van der Waals surface area contributed by atoms with Gasteiger partial charge in [0.25, 0.3) is 0 Å². The van der Waals surface area contributed by atoms with Crippen molar-refractivity contribution < 1.29 is 65.2 Å². The third-order valence-corrected chi connectivity index (χ3v) is 8.81. The first-order valence-corrected chi connectivity index (χ1v) is 19.4. The predicted molar refractivity (Wildman–Crippen MR) is 211 cm³/mol. The summed E-state index contributed by atoms with van der Waals surface area (Å²) in [5, 5.41) is 0. The minimum atomic E-state index is -1.08. The van der Waals surface area contributed by atoms with E-state index in [1.165, 1.54) is 48.5 Å². The molecule has 0 N–H and O–H groups in total. The minimum absolute atomic E-state index is 0.0267. The van der Waals surface area contributed by atoms with Crippen LogP contribution in [0.1, 0.15) is 107 Å². The highest BCUT2D eigenvalue weighted by molar-refractivity contribution is 5.94. The molecule has 0 aliphatic rings. The summed E-state index contributed by atoms with van der Waals surface area (Å²) in [4.78, 5) is 50.9. The van der Waals surface area contributed by atoms with Gasteiger partial charge in [0.1, 0.15) is 11.5 Å². The monoisotopic (exact) mass is 830 g/mol. The Balaban J connectivity index is 1.13. The third-order valence-electron chi connectivity index (χ3n) is 8.81. The maximum absolute atomic E-state index is 14.9. The largest absolute Gasteiger partial charge is 0.491 e. The third kappa shape index (κ3) is 12.6. The molecule has 314 valence electrons. The van der Waals surface area contributed by atoms with Gasteiger partial charge in [0.05, 0.1) is 35.5 Å². The Morgan fingerprint density at radius 1 is 0.400 bits per heavy atom. The van der Waals surface area contributed by atoms with Crippen LogP contribution in [-0.2, 0) is 0 Å². The molecule has 0 fully saturated rings. The summed E-state index contributed by atoms with van der Waals surface area (Å²) in [7, 11) is 0. The van der Waals surface area contributed by atoms with Crippen LogP contribution in [-0.4, -0.2) is 37.1 Å². The summed E-state index contributed by atoms with van der Waals surface area (Å²) in [5.41, 5.74) is -0.899. The van der Waals surface area contributed by atoms with Crippen molar-refractivity contribution in [1.82, 2.24) is 0 Å². The Kier molecular flexibility index (Phi) is 16.2. The molecule has 60 heavy (non-hydrogen) atoms. The normalized spacial score (nSPS) is 10.8. The van der Waals surface area contributed by atoms with E-state index >= 15 is 0 Å². The molecule has 0 amide bonds. The van der Waals surface area contributed by atoms with E-state index in [4.69, 9.17) is 28.4 Å². The fraction of sp³-hybridized carbons (Fsp3) is 0.261. The van der Waals surface area contributed by atoms with E-state index < -0.39 is 58.6 Å². The molecule has 0 radical (unpaired) electrons. The van der Waals surface area contributed by atoms with E-state index in [0.717, 1.165) is 99.9 Å². The average Bonchev–Trinajstić information content (AvgIpc) is 3.23. The van der Waals surface area contributed by atoms with E-state index in [-0.39, 0.29) is 45.3 Å². The van der Waals surface area contributed by atoms with Gasteiger partial charge in [-0.15, -0.1) is 0 Å². The lowest BCUT2D eigenvalue weighted by molar-refractivity contribution is 0.0715. The number of carbonyl (C=O) groups is 4. The van der Waals surface area contributed by atoms with Crippen molar-refractivity contribution in [3.05, 3.63) is 143 Å². The highest BCUT2D eigenvalue weighted by atomic mass is 19.1. The van der Waals surface area contributed by atoms with Crippen LogP contribution in [0.3, 0.4) is 0 Å². The second-order valence-corrected chi connectivity index (χ2v) is 13.4. The van der Waals surface area contributed by atoms with Crippen molar-refractivity contribution >= 4 is 23.9 Å². The number of benzene rings is 5.